The normalized spacial score (nSPS) is 14.3. The molecule has 0 aliphatic carbocycles. The highest BCUT2D eigenvalue weighted by atomic mass is 32.2. The fraction of sp³-hybridized carbons (Fsp3) is 0.231. The molecule has 0 spiro atoms. The van der Waals surface area contributed by atoms with Gasteiger partial charge in [-0.15, -0.1) is 0 Å². The predicted molar refractivity (Wildman–Crippen MR) is 135 cm³/mol. The van der Waals surface area contributed by atoms with Crippen LogP contribution in [-0.2, 0) is 4.74 Å². The van der Waals surface area contributed by atoms with E-state index in [9.17, 15) is 4.39 Å². The summed E-state index contributed by atoms with van der Waals surface area (Å²) in [7, 11) is 0. The zero-order chi connectivity index (χ0) is 23.2. The van der Waals surface area contributed by atoms with Crippen LogP contribution in [0.2, 0.25) is 0 Å². The molecule has 0 bridgehead atoms. The lowest BCUT2D eigenvalue weighted by Gasteiger charge is -2.26. The van der Waals surface area contributed by atoms with Gasteiger partial charge in [0.05, 0.1) is 24.6 Å². The van der Waals surface area contributed by atoms with Gasteiger partial charge in [0, 0.05) is 48.4 Å². The maximum Gasteiger partial charge on any atom is 0.166 e. The topological polar surface area (TPSA) is 66.1 Å². The van der Waals surface area contributed by atoms with Gasteiger partial charge in [0.15, 0.2) is 5.16 Å². The summed E-state index contributed by atoms with van der Waals surface area (Å²) in [5.41, 5.74) is 4.47. The third kappa shape index (κ3) is 5.64. The number of aromatic amines is 1. The summed E-state index contributed by atoms with van der Waals surface area (Å²) in [6, 6.07) is 20.4. The fourth-order valence-electron chi connectivity index (χ4n) is 3.87. The summed E-state index contributed by atoms with van der Waals surface area (Å²) in [5.74, 6) is 1.40. The fourth-order valence-corrected chi connectivity index (χ4v) is 4.74. The van der Waals surface area contributed by atoms with Crippen LogP contribution in [-0.4, -0.2) is 58.5 Å². The molecule has 1 aliphatic rings. The SMILES string of the molecule is Fc1ccc(-c2[nH]c(SCCN3CCOCC3)nc2-c2ccnc(Nc3ccccc3)c2)cc1. The van der Waals surface area contributed by atoms with E-state index >= 15 is 0 Å². The van der Waals surface area contributed by atoms with E-state index in [0.29, 0.717) is 0 Å². The van der Waals surface area contributed by atoms with E-state index < -0.39 is 0 Å². The van der Waals surface area contributed by atoms with Crippen molar-refractivity contribution < 1.29 is 9.13 Å². The van der Waals surface area contributed by atoms with Crippen molar-refractivity contribution in [1.82, 2.24) is 19.9 Å². The molecule has 34 heavy (non-hydrogen) atoms. The number of ether oxygens (including phenoxy) is 1. The number of aromatic nitrogens is 3. The number of thioether (sulfide) groups is 1. The van der Waals surface area contributed by atoms with Crippen LogP contribution in [0.5, 0.6) is 0 Å². The van der Waals surface area contributed by atoms with Gasteiger partial charge >= 0.3 is 0 Å². The van der Waals surface area contributed by atoms with Crippen molar-refractivity contribution in [3.63, 3.8) is 0 Å². The number of hydrogen-bond acceptors (Lipinski definition) is 6. The molecule has 1 aliphatic heterocycles. The van der Waals surface area contributed by atoms with E-state index in [1.807, 2.05) is 42.5 Å². The van der Waals surface area contributed by atoms with Crippen molar-refractivity contribution in [3.05, 3.63) is 78.7 Å². The molecule has 2 N–H and O–H groups in total. The second-order valence-electron chi connectivity index (χ2n) is 8.00. The largest absolute Gasteiger partial charge is 0.379 e. The number of pyridine rings is 1. The van der Waals surface area contributed by atoms with Crippen LogP contribution >= 0.6 is 11.8 Å². The molecule has 0 saturated carbocycles. The number of morpholine rings is 1. The summed E-state index contributed by atoms with van der Waals surface area (Å²) < 4.78 is 19.0. The highest BCUT2D eigenvalue weighted by Crippen LogP contribution is 2.34. The molecule has 0 amide bonds. The number of nitrogens with one attached hydrogen (secondary N) is 2. The summed E-state index contributed by atoms with van der Waals surface area (Å²) in [5, 5.41) is 4.18. The zero-order valence-corrected chi connectivity index (χ0v) is 19.5. The highest BCUT2D eigenvalue weighted by Gasteiger charge is 2.16. The number of benzene rings is 2. The first-order chi connectivity index (χ1) is 16.7. The Morgan fingerprint density at radius 1 is 1.00 bits per heavy atom. The Kier molecular flexibility index (Phi) is 7.19. The molecule has 0 radical (unpaired) electrons. The van der Waals surface area contributed by atoms with Gasteiger partial charge in [-0.25, -0.2) is 14.4 Å². The molecule has 0 unspecified atom stereocenters. The second kappa shape index (κ2) is 10.8. The molecular formula is C26H26FN5OS. The quantitative estimate of drug-likeness (QED) is 0.331. The predicted octanol–water partition coefficient (Wildman–Crippen LogP) is 5.45. The van der Waals surface area contributed by atoms with E-state index in [-0.39, 0.29) is 5.82 Å². The first-order valence-electron chi connectivity index (χ1n) is 11.3. The number of anilines is 2. The Balaban J connectivity index is 1.40. The minimum absolute atomic E-state index is 0.261. The van der Waals surface area contributed by atoms with Crippen LogP contribution in [0.4, 0.5) is 15.9 Å². The van der Waals surface area contributed by atoms with Crippen molar-refractivity contribution in [2.24, 2.45) is 0 Å². The highest BCUT2D eigenvalue weighted by molar-refractivity contribution is 7.99. The third-order valence-corrected chi connectivity index (χ3v) is 6.50. The van der Waals surface area contributed by atoms with Crippen molar-refractivity contribution in [3.8, 4) is 22.5 Å². The minimum Gasteiger partial charge on any atom is -0.379 e. The minimum atomic E-state index is -0.261. The first kappa shape index (κ1) is 22.6. The molecule has 4 aromatic rings. The second-order valence-corrected chi connectivity index (χ2v) is 9.08. The van der Waals surface area contributed by atoms with E-state index in [1.165, 1.54) is 12.1 Å². The number of H-pyrrole nitrogens is 1. The van der Waals surface area contributed by atoms with Gasteiger partial charge in [-0.3, -0.25) is 4.90 Å². The van der Waals surface area contributed by atoms with E-state index in [4.69, 9.17) is 9.72 Å². The lowest BCUT2D eigenvalue weighted by Crippen LogP contribution is -2.37. The van der Waals surface area contributed by atoms with E-state index in [2.05, 4.69) is 20.2 Å². The maximum absolute atomic E-state index is 13.6. The number of halogens is 1. The van der Waals surface area contributed by atoms with Crippen molar-refractivity contribution in [1.29, 1.82) is 0 Å². The summed E-state index contributed by atoms with van der Waals surface area (Å²) >= 11 is 1.69. The van der Waals surface area contributed by atoms with Gasteiger partial charge in [-0.1, -0.05) is 30.0 Å². The monoisotopic (exact) mass is 475 g/mol. The Morgan fingerprint density at radius 3 is 2.59 bits per heavy atom. The van der Waals surface area contributed by atoms with Crippen LogP contribution in [0.15, 0.2) is 78.1 Å². The summed E-state index contributed by atoms with van der Waals surface area (Å²) in [6.07, 6.45) is 1.77. The average Bonchev–Trinajstić information content (AvgIpc) is 3.30. The van der Waals surface area contributed by atoms with Gasteiger partial charge in [0.1, 0.15) is 11.6 Å². The smallest absolute Gasteiger partial charge is 0.166 e. The van der Waals surface area contributed by atoms with Crippen LogP contribution in [0.3, 0.4) is 0 Å². The molecule has 174 valence electrons. The molecule has 2 aromatic carbocycles. The van der Waals surface area contributed by atoms with Crippen LogP contribution in [0.25, 0.3) is 22.5 Å². The van der Waals surface area contributed by atoms with Gasteiger partial charge < -0.3 is 15.0 Å². The maximum atomic E-state index is 13.6. The van der Waals surface area contributed by atoms with E-state index in [1.54, 1.807) is 30.1 Å². The lowest BCUT2D eigenvalue weighted by molar-refractivity contribution is 0.0410. The standard InChI is InChI=1S/C26H26FN5OS/c27-21-8-6-19(7-9-21)24-25(31-26(30-24)34-17-14-32-12-15-33-16-13-32)20-10-11-28-23(18-20)29-22-4-2-1-3-5-22/h1-11,18H,12-17H2,(H,28,29)(H,30,31). The molecule has 0 atom stereocenters. The Labute approximate surface area is 202 Å². The summed E-state index contributed by atoms with van der Waals surface area (Å²) in [6.45, 7) is 4.52. The van der Waals surface area contributed by atoms with Gasteiger partial charge in [0.25, 0.3) is 0 Å². The molecule has 1 fully saturated rings. The van der Waals surface area contributed by atoms with Gasteiger partial charge in [0.2, 0.25) is 0 Å². The van der Waals surface area contributed by atoms with Gasteiger partial charge in [-0.05, 0) is 48.5 Å². The summed E-state index contributed by atoms with van der Waals surface area (Å²) in [4.78, 5) is 15.3. The lowest BCUT2D eigenvalue weighted by atomic mass is 10.1. The molecular weight excluding hydrogens is 449 g/mol. The Bertz CT molecular complexity index is 1210. The van der Waals surface area contributed by atoms with Crippen molar-refractivity contribution in [2.45, 2.75) is 5.16 Å². The molecule has 6 nitrogen and oxygen atoms in total. The molecule has 1 saturated heterocycles. The number of rotatable bonds is 8. The van der Waals surface area contributed by atoms with E-state index in [0.717, 1.165) is 77.8 Å². The molecule has 2 aromatic heterocycles. The first-order valence-corrected chi connectivity index (χ1v) is 12.3. The number of hydrogen-bond donors (Lipinski definition) is 2. The molecule has 3 heterocycles. The van der Waals surface area contributed by atoms with Crippen molar-refractivity contribution in [2.75, 3.05) is 43.9 Å². The Morgan fingerprint density at radius 2 is 1.79 bits per heavy atom. The zero-order valence-electron chi connectivity index (χ0n) is 18.7. The average molecular weight is 476 g/mol. The Hall–Kier alpha value is -3.20. The van der Waals surface area contributed by atoms with Crippen LogP contribution in [0, 0.1) is 5.82 Å². The van der Waals surface area contributed by atoms with Crippen molar-refractivity contribution >= 4 is 23.3 Å². The molecule has 5 rings (SSSR count). The number of imidazole rings is 1. The molecule has 8 heteroatoms. The number of para-hydroxylation sites is 1. The van der Waals surface area contributed by atoms with Crippen LogP contribution in [0.1, 0.15) is 0 Å². The third-order valence-electron chi connectivity index (χ3n) is 5.64. The number of nitrogens with zero attached hydrogens (tertiary/aromatic N) is 3. The van der Waals surface area contributed by atoms with Crippen LogP contribution < -0.4 is 5.32 Å². The van der Waals surface area contributed by atoms with Gasteiger partial charge in [-0.2, -0.15) is 0 Å².